The monoisotopic (exact) mass is 319 g/mol. The second kappa shape index (κ2) is 4.97. The van der Waals surface area contributed by atoms with E-state index in [-0.39, 0.29) is 6.42 Å². The molecule has 0 aromatic carbocycles. The van der Waals surface area contributed by atoms with Crippen LogP contribution in [0, 0.1) is 5.41 Å². The second-order valence-corrected chi connectivity index (χ2v) is 8.27. The summed E-state index contributed by atoms with van der Waals surface area (Å²) in [6.07, 6.45) is -0.0921. The summed E-state index contributed by atoms with van der Waals surface area (Å²) >= 11 is 0. The zero-order chi connectivity index (χ0) is 16.0. The first kappa shape index (κ1) is 15.7. The van der Waals surface area contributed by atoms with E-state index in [1.807, 2.05) is 0 Å². The standard InChI is InChI=1S/C12H17NO7S/c1-12(2,3)11(16)20-6-19-10(15)7-5-21(17,18)9-4-8(14)13(7)9/h7,9H,4-6H2,1-3H3/t7-,9-/m1/s1. The minimum Gasteiger partial charge on any atom is -0.427 e. The van der Waals surface area contributed by atoms with Gasteiger partial charge in [-0.15, -0.1) is 0 Å². The van der Waals surface area contributed by atoms with Crippen LogP contribution in [0.25, 0.3) is 0 Å². The lowest BCUT2D eigenvalue weighted by Crippen LogP contribution is -2.56. The Morgan fingerprint density at radius 1 is 1.29 bits per heavy atom. The minimum atomic E-state index is -3.48. The number of hydrogen-bond acceptors (Lipinski definition) is 7. The maximum absolute atomic E-state index is 11.8. The number of hydrogen-bond donors (Lipinski definition) is 0. The predicted octanol–water partition coefficient (Wildman–Crippen LogP) is -0.568. The van der Waals surface area contributed by atoms with Gasteiger partial charge in [0.25, 0.3) is 0 Å². The van der Waals surface area contributed by atoms with Gasteiger partial charge >= 0.3 is 11.9 Å². The van der Waals surface area contributed by atoms with E-state index in [2.05, 4.69) is 0 Å². The van der Waals surface area contributed by atoms with Gasteiger partial charge in [0.05, 0.1) is 17.6 Å². The Kier molecular flexibility index (Phi) is 3.73. The molecule has 2 aliphatic heterocycles. The van der Waals surface area contributed by atoms with E-state index in [0.717, 1.165) is 4.90 Å². The van der Waals surface area contributed by atoms with Crippen LogP contribution in [0.5, 0.6) is 0 Å². The molecular weight excluding hydrogens is 302 g/mol. The normalized spacial score (nSPS) is 26.8. The molecule has 0 spiro atoms. The Morgan fingerprint density at radius 2 is 1.90 bits per heavy atom. The number of amides is 1. The van der Waals surface area contributed by atoms with Crippen molar-refractivity contribution in [2.45, 2.75) is 38.6 Å². The van der Waals surface area contributed by atoms with Crippen molar-refractivity contribution in [1.29, 1.82) is 0 Å². The van der Waals surface area contributed by atoms with Crippen molar-refractivity contribution in [2.75, 3.05) is 12.5 Å². The van der Waals surface area contributed by atoms with Crippen molar-refractivity contribution in [3.8, 4) is 0 Å². The molecule has 21 heavy (non-hydrogen) atoms. The lowest BCUT2D eigenvalue weighted by atomic mass is 9.98. The van der Waals surface area contributed by atoms with Crippen molar-refractivity contribution >= 4 is 27.7 Å². The summed E-state index contributed by atoms with van der Waals surface area (Å²) < 4.78 is 32.9. The molecule has 2 heterocycles. The maximum atomic E-state index is 11.8. The first-order valence-electron chi connectivity index (χ1n) is 6.40. The molecule has 0 bridgehead atoms. The molecule has 0 aromatic heterocycles. The molecule has 2 rings (SSSR count). The van der Waals surface area contributed by atoms with Crippen molar-refractivity contribution in [3.05, 3.63) is 0 Å². The summed E-state index contributed by atoms with van der Waals surface area (Å²) in [6, 6.07) is -1.14. The summed E-state index contributed by atoms with van der Waals surface area (Å²) in [4.78, 5) is 35.7. The maximum Gasteiger partial charge on any atom is 0.332 e. The summed E-state index contributed by atoms with van der Waals surface area (Å²) in [5, 5.41) is -0.917. The number of nitrogens with zero attached hydrogens (tertiary/aromatic N) is 1. The SMILES string of the molecule is CC(C)(C)C(=O)OCOC(=O)[C@H]1CS(=O)(=O)[C@@H]2CC(=O)N12. The van der Waals surface area contributed by atoms with Crippen LogP contribution in [0.2, 0.25) is 0 Å². The minimum absolute atomic E-state index is 0.0921. The number of carbonyl (C=O) groups is 3. The molecule has 0 saturated carbocycles. The fourth-order valence-electron chi connectivity index (χ4n) is 2.12. The smallest absolute Gasteiger partial charge is 0.332 e. The molecule has 9 heteroatoms. The Hall–Kier alpha value is -1.64. The van der Waals surface area contributed by atoms with Crippen molar-refractivity contribution in [1.82, 2.24) is 4.90 Å². The molecule has 2 fully saturated rings. The van der Waals surface area contributed by atoms with Gasteiger partial charge in [-0.25, -0.2) is 13.2 Å². The molecule has 0 aromatic rings. The van der Waals surface area contributed by atoms with E-state index < -0.39 is 57.1 Å². The van der Waals surface area contributed by atoms with E-state index in [1.165, 1.54) is 0 Å². The average Bonchev–Trinajstić information content (AvgIpc) is 2.54. The van der Waals surface area contributed by atoms with Gasteiger partial charge in [0, 0.05) is 0 Å². The zero-order valence-corrected chi connectivity index (χ0v) is 12.8. The van der Waals surface area contributed by atoms with Gasteiger partial charge < -0.3 is 14.4 Å². The highest BCUT2D eigenvalue weighted by atomic mass is 32.2. The summed E-state index contributed by atoms with van der Waals surface area (Å²) in [6.45, 7) is 4.33. The molecule has 1 amide bonds. The van der Waals surface area contributed by atoms with Gasteiger partial charge in [-0.2, -0.15) is 0 Å². The van der Waals surface area contributed by atoms with Crippen LogP contribution >= 0.6 is 0 Å². The van der Waals surface area contributed by atoms with Crippen molar-refractivity contribution in [3.63, 3.8) is 0 Å². The number of esters is 2. The van der Waals surface area contributed by atoms with E-state index in [9.17, 15) is 22.8 Å². The van der Waals surface area contributed by atoms with Gasteiger partial charge in [0.2, 0.25) is 12.7 Å². The van der Waals surface area contributed by atoms with Gasteiger partial charge in [-0.3, -0.25) is 9.59 Å². The van der Waals surface area contributed by atoms with Crippen LogP contribution in [0.1, 0.15) is 27.2 Å². The lowest BCUT2D eigenvalue weighted by molar-refractivity contribution is -0.178. The Bertz CT molecular complexity index is 589. The van der Waals surface area contributed by atoms with Crippen LogP contribution < -0.4 is 0 Å². The van der Waals surface area contributed by atoms with Gasteiger partial charge in [0.1, 0.15) is 11.4 Å². The third kappa shape index (κ3) is 2.87. The number of carbonyl (C=O) groups excluding carboxylic acids is 3. The topological polar surface area (TPSA) is 107 Å². The van der Waals surface area contributed by atoms with Crippen LogP contribution in [-0.4, -0.2) is 55.1 Å². The van der Waals surface area contributed by atoms with Crippen LogP contribution in [0.15, 0.2) is 0 Å². The molecule has 0 unspecified atom stereocenters. The van der Waals surface area contributed by atoms with Crippen LogP contribution in [0.3, 0.4) is 0 Å². The Balaban J connectivity index is 1.90. The molecule has 2 atom stereocenters. The highest BCUT2D eigenvalue weighted by Gasteiger charge is 2.58. The number of β-lactam (4-membered cyclic amide) rings is 1. The predicted molar refractivity (Wildman–Crippen MR) is 69.3 cm³/mol. The average molecular weight is 319 g/mol. The third-order valence-corrected chi connectivity index (χ3v) is 5.37. The summed E-state index contributed by atoms with van der Waals surface area (Å²) in [5.74, 6) is -2.27. The molecule has 0 aliphatic carbocycles. The molecule has 8 nitrogen and oxygen atoms in total. The molecule has 2 saturated heterocycles. The van der Waals surface area contributed by atoms with E-state index >= 15 is 0 Å². The number of ether oxygens (including phenoxy) is 2. The van der Waals surface area contributed by atoms with Gasteiger partial charge in [-0.1, -0.05) is 0 Å². The quantitative estimate of drug-likeness (QED) is 0.389. The highest BCUT2D eigenvalue weighted by Crippen LogP contribution is 2.35. The van der Waals surface area contributed by atoms with Gasteiger partial charge in [0.15, 0.2) is 9.84 Å². The third-order valence-electron chi connectivity index (χ3n) is 3.36. The van der Waals surface area contributed by atoms with Crippen LogP contribution in [0.4, 0.5) is 0 Å². The summed E-state index contributed by atoms with van der Waals surface area (Å²) in [7, 11) is -3.48. The fourth-order valence-corrected chi connectivity index (χ4v) is 4.09. The largest absolute Gasteiger partial charge is 0.427 e. The zero-order valence-electron chi connectivity index (χ0n) is 12.0. The molecule has 118 valence electrons. The van der Waals surface area contributed by atoms with E-state index in [4.69, 9.17) is 9.47 Å². The van der Waals surface area contributed by atoms with Crippen LogP contribution in [-0.2, 0) is 33.7 Å². The highest BCUT2D eigenvalue weighted by molar-refractivity contribution is 7.92. The van der Waals surface area contributed by atoms with E-state index in [0.29, 0.717) is 0 Å². The first-order valence-corrected chi connectivity index (χ1v) is 8.12. The fraction of sp³-hybridized carbons (Fsp3) is 0.750. The Labute approximate surface area is 122 Å². The number of sulfone groups is 1. The van der Waals surface area contributed by atoms with Crippen molar-refractivity contribution in [2.24, 2.45) is 5.41 Å². The molecular formula is C12H17NO7S. The van der Waals surface area contributed by atoms with Crippen molar-refractivity contribution < 1.29 is 32.3 Å². The first-order chi connectivity index (χ1) is 9.54. The van der Waals surface area contributed by atoms with Gasteiger partial charge in [-0.05, 0) is 20.8 Å². The number of fused-ring (bicyclic) bond motifs is 1. The Morgan fingerprint density at radius 3 is 2.43 bits per heavy atom. The molecule has 2 aliphatic rings. The number of rotatable bonds is 3. The second-order valence-electron chi connectivity index (χ2n) is 6.07. The molecule has 0 radical (unpaired) electrons. The summed E-state index contributed by atoms with van der Waals surface area (Å²) in [5.41, 5.74) is -0.734. The molecule has 0 N–H and O–H groups in total. The lowest BCUT2D eigenvalue weighted by Gasteiger charge is -2.35. The van der Waals surface area contributed by atoms with E-state index in [1.54, 1.807) is 20.8 Å².